The molecule has 50 heavy (non-hydrogen) atoms. The zero-order valence-corrected chi connectivity index (χ0v) is 30.3. The molecular weight excluding hydrogens is 796 g/mol. The third-order valence-electron chi connectivity index (χ3n) is 10.5. The predicted octanol–water partition coefficient (Wildman–Crippen LogP) is 8.40. The maximum absolute atomic E-state index is 6.62. The van der Waals surface area contributed by atoms with Crippen molar-refractivity contribution >= 4 is 22.1 Å². The minimum absolute atomic E-state index is 0. The number of hydrogen-bond donors (Lipinski definition) is 0. The zero-order valence-electron chi connectivity index (χ0n) is 28.1. The molecule has 0 saturated heterocycles. The fraction of sp³-hybridized carbons (Fsp3) is 0.136. The number of para-hydroxylation sites is 4. The van der Waals surface area contributed by atoms with Crippen molar-refractivity contribution in [3.05, 3.63) is 168 Å². The molecule has 8 aromatic rings. The molecule has 2 aliphatic rings. The second kappa shape index (κ2) is 10.9. The first-order chi connectivity index (χ1) is 23.8. The molecule has 0 atom stereocenters. The van der Waals surface area contributed by atoms with E-state index >= 15 is 0 Å². The number of benzene rings is 6. The van der Waals surface area contributed by atoms with Crippen LogP contribution in [-0.4, -0.2) is 9.13 Å². The minimum Gasteiger partial charge on any atom is -0.510 e. The number of hydrogen-bond acceptors (Lipinski definition) is 1. The van der Waals surface area contributed by atoms with Crippen LogP contribution in [0, 0.1) is 24.8 Å². The summed E-state index contributed by atoms with van der Waals surface area (Å²) in [5.74, 6) is 1.26. The van der Waals surface area contributed by atoms with Crippen molar-refractivity contribution in [1.82, 2.24) is 9.13 Å². The SMILES string of the molecule is CC1(C)c2ccc(Oc3[c-]c4c(cc3)C(C)(C)c3cccc5c3n-4[c-][n+]5-c3ccccc3)[c-]c2-n2[c-][n+](-c3ccccc3)c3cccc1c32.[Pt+4]. The summed E-state index contributed by atoms with van der Waals surface area (Å²) < 4.78 is 15.2. The Balaban J connectivity index is 0.00000336. The van der Waals surface area contributed by atoms with Crippen LogP contribution in [0.3, 0.4) is 0 Å². The van der Waals surface area contributed by atoms with Crippen LogP contribution in [0.25, 0.3) is 44.8 Å². The second-order valence-electron chi connectivity index (χ2n) is 14.1. The first-order valence-corrected chi connectivity index (χ1v) is 16.7. The number of imidazole rings is 2. The number of ether oxygens (including phenoxy) is 1. The first kappa shape index (κ1) is 30.8. The van der Waals surface area contributed by atoms with Gasteiger partial charge in [0.15, 0.2) is 0 Å². The average Bonchev–Trinajstić information content (AvgIpc) is 3.71. The summed E-state index contributed by atoms with van der Waals surface area (Å²) in [4.78, 5) is 0. The summed E-state index contributed by atoms with van der Waals surface area (Å²) >= 11 is 0. The maximum atomic E-state index is 6.62. The Labute approximate surface area is 305 Å². The molecule has 4 heterocycles. The van der Waals surface area contributed by atoms with Crippen molar-refractivity contribution in [1.29, 1.82) is 0 Å². The molecule has 6 heteroatoms. The molecule has 0 saturated carbocycles. The molecule has 0 fully saturated rings. The van der Waals surface area contributed by atoms with Crippen molar-refractivity contribution < 1.29 is 34.9 Å². The van der Waals surface area contributed by atoms with Crippen LogP contribution >= 0.6 is 0 Å². The molecule has 0 spiro atoms. The largest absolute Gasteiger partial charge is 4.00 e. The Morgan fingerprint density at radius 2 is 0.900 bits per heavy atom. The van der Waals surface area contributed by atoms with Crippen LogP contribution in [0.1, 0.15) is 49.9 Å². The summed E-state index contributed by atoms with van der Waals surface area (Å²) in [6, 6.07) is 49.6. The van der Waals surface area contributed by atoms with E-state index in [0.29, 0.717) is 11.5 Å². The van der Waals surface area contributed by atoms with Gasteiger partial charge in [0.25, 0.3) is 12.7 Å². The van der Waals surface area contributed by atoms with Crippen LogP contribution in [-0.2, 0) is 31.9 Å². The monoisotopic (exact) mass is 827 g/mol. The zero-order chi connectivity index (χ0) is 33.1. The molecule has 0 unspecified atom stereocenters. The van der Waals surface area contributed by atoms with E-state index in [4.69, 9.17) is 4.74 Å². The van der Waals surface area contributed by atoms with Crippen LogP contribution in [0.5, 0.6) is 11.5 Å². The molecule has 0 bridgehead atoms. The van der Waals surface area contributed by atoms with Crippen LogP contribution in [0.4, 0.5) is 0 Å². The Hall–Kier alpha value is -5.25. The van der Waals surface area contributed by atoms with Gasteiger partial charge in [-0.05, 0) is 57.6 Å². The smallest absolute Gasteiger partial charge is 0.510 e. The molecule has 6 aromatic carbocycles. The Kier molecular flexibility index (Phi) is 6.69. The van der Waals surface area contributed by atoms with E-state index in [1.807, 2.05) is 24.3 Å². The summed E-state index contributed by atoms with van der Waals surface area (Å²) in [6.45, 7) is 9.13. The fourth-order valence-electron chi connectivity index (χ4n) is 8.00. The number of aromatic nitrogens is 4. The molecule has 0 amide bonds. The molecular formula is C44H32N4OPt+2. The van der Waals surface area contributed by atoms with Gasteiger partial charge >= 0.3 is 21.1 Å². The molecule has 0 N–H and O–H groups in total. The topological polar surface area (TPSA) is 26.8 Å². The van der Waals surface area contributed by atoms with E-state index in [9.17, 15) is 0 Å². The molecule has 10 rings (SSSR count). The predicted molar refractivity (Wildman–Crippen MR) is 189 cm³/mol. The Morgan fingerprint density at radius 1 is 0.480 bits per heavy atom. The minimum atomic E-state index is -0.235. The summed E-state index contributed by atoms with van der Waals surface area (Å²) in [6.07, 6.45) is 7.30. The van der Waals surface area contributed by atoms with E-state index in [1.54, 1.807) is 0 Å². The molecule has 2 aliphatic heterocycles. The number of nitrogens with zero attached hydrogens (tertiary/aromatic N) is 4. The van der Waals surface area contributed by atoms with Gasteiger partial charge < -0.3 is 13.9 Å². The van der Waals surface area contributed by atoms with Crippen molar-refractivity contribution in [3.63, 3.8) is 0 Å². The van der Waals surface area contributed by atoms with Crippen LogP contribution in [0.15, 0.2) is 121 Å². The van der Waals surface area contributed by atoms with E-state index in [2.05, 4.69) is 168 Å². The van der Waals surface area contributed by atoms with Crippen molar-refractivity contribution in [2.24, 2.45) is 0 Å². The number of rotatable bonds is 4. The average molecular weight is 828 g/mol. The van der Waals surface area contributed by atoms with Gasteiger partial charge in [-0.2, -0.15) is 12.1 Å². The standard InChI is InChI=1S/C44H32N4O.Pt/c1-43(2)33-23-21-31(25-39(33)47-27-45(29-13-7-5-8-14-29)37-19-11-17-35(43)41(37)47)49-32-22-24-34-40(26-32)48-28-46(30-15-9-6-10-16-30)38-20-12-18-36(42(38)48)44(34,3)4;/h5-24H,1-4H3;/q-2;+4. The van der Waals surface area contributed by atoms with Crippen LogP contribution < -0.4 is 13.9 Å². The third kappa shape index (κ3) is 4.23. The van der Waals surface area contributed by atoms with E-state index in [0.717, 1.165) is 44.8 Å². The Morgan fingerprint density at radius 3 is 1.32 bits per heavy atom. The van der Waals surface area contributed by atoms with Crippen molar-refractivity contribution in [2.75, 3.05) is 0 Å². The van der Waals surface area contributed by atoms with Gasteiger partial charge in [0.1, 0.15) is 0 Å². The van der Waals surface area contributed by atoms with Crippen LogP contribution in [0.2, 0.25) is 0 Å². The van der Waals surface area contributed by atoms with Gasteiger partial charge in [-0.1, -0.05) is 100 Å². The molecule has 242 valence electrons. The van der Waals surface area contributed by atoms with E-state index in [-0.39, 0.29) is 31.9 Å². The van der Waals surface area contributed by atoms with Gasteiger partial charge in [-0.3, -0.25) is 9.13 Å². The summed E-state index contributed by atoms with van der Waals surface area (Å²) in [5.41, 5.74) is 12.9. The van der Waals surface area contributed by atoms with Gasteiger partial charge in [0, 0.05) is 11.5 Å². The van der Waals surface area contributed by atoms with Gasteiger partial charge in [-0.15, -0.1) is 35.4 Å². The number of fused-ring (bicyclic) bond motifs is 4. The Bertz CT molecular complexity index is 2450. The molecule has 0 aliphatic carbocycles. The summed E-state index contributed by atoms with van der Waals surface area (Å²) in [7, 11) is 0. The third-order valence-corrected chi connectivity index (χ3v) is 10.5. The first-order valence-electron chi connectivity index (χ1n) is 16.7. The quantitative estimate of drug-likeness (QED) is 0.130. The fourth-order valence-corrected chi connectivity index (χ4v) is 8.00. The van der Waals surface area contributed by atoms with Crippen molar-refractivity contribution in [2.45, 2.75) is 38.5 Å². The summed E-state index contributed by atoms with van der Waals surface area (Å²) in [5, 5.41) is 0. The van der Waals surface area contributed by atoms with Gasteiger partial charge in [0.05, 0.1) is 33.4 Å². The molecule has 5 nitrogen and oxygen atoms in total. The van der Waals surface area contributed by atoms with E-state index in [1.165, 1.54) is 22.3 Å². The van der Waals surface area contributed by atoms with Crippen molar-refractivity contribution in [3.8, 4) is 34.2 Å². The molecule has 0 radical (unpaired) electrons. The second-order valence-corrected chi connectivity index (χ2v) is 14.1. The van der Waals surface area contributed by atoms with Gasteiger partial charge in [-0.25, -0.2) is 0 Å². The molecule has 2 aromatic heterocycles. The van der Waals surface area contributed by atoms with E-state index < -0.39 is 0 Å². The maximum Gasteiger partial charge on any atom is 4.00 e. The normalized spacial score (nSPS) is 14.6. The van der Waals surface area contributed by atoms with Gasteiger partial charge in [0.2, 0.25) is 0 Å².